The van der Waals surface area contributed by atoms with Gasteiger partial charge in [-0.1, -0.05) is 13.0 Å². The van der Waals surface area contributed by atoms with Crippen molar-refractivity contribution < 1.29 is 14.3 Å². The third-order valence-electron chi connectivity index (χ3n) is 2.55. The molecule has 1 aromatic rings. The summed E-state index contributed by atoms with van der Waals surface area (Å²) in [6, 6.07) is 4.76. The Morgan fingerprint density at radius 3 is 2.83 bits per heavy atom. The first kappa shape index (κ1) is 14.4. The van der Waals surface area contributed by atoms with Gasteiger partial charge in [-0.2, -0.15) is 0 Å². The Kier molecular flexibility index (Phi) is 5.58. The summed E-state index contributed by atoms with van der Waals surface area (Å²) in [6.07, 6.45) is 1.03. The van der Waals surface area contributed by atoms with Gasteiger partial charge in [0, 0.05) is 13.6 Å². The zero-order valence-corrected chi connectivity index (χ0v) is 10.7. The van der Waals surface area contributed by atoms with Crippen LogP contribution >= 0.6 is 0 Å². The lowest BCUT2D eigenvalue weighted by Crippen LogP contribution is -2.26. The fraction of sp³-hybridized carbons (Fsp3) is 0.462. The van der Waals surface area contributed by atoms with Crippen molar-refractivity contribution in [2.75, 3.05) is 25.0 Å². The second kappa shape index (κ2) is 6.96. The molecule has 0 aliphatic heterocycles. The Morgan fingerprint density at radius 2 is 2.22 bits per heavy atom. The molecular formula is C13H19FN2O2. The van der Waals surface area contributed by atoms with Gasteiger partial charge in [0.05, 0.1) is 5.69 Å². The quantitative estimate of drug-likeness (QED) is 0.729. The van der Waals surface area contributed by atoms with E-state index < -0.39 is 11.8 Å². The summed E-state index contributed by atoms with van der Waals surface area (Å²) in [7, 11) is 1.57. The van der Waals surface area contributed by atoms with Crippen molar-refractivity contribution >= 4 is 11.7 Å². The van der Waals surface area contributed by atoms with E-state index in [9.17, 15) is 9.18 Å². The largest absolute Gasteiger partial charge is 0.480 e. The zero-order chi connectivity index (χ0) is 13.5. The first-order chi connectivity index (χ1) is 8.54. The predicted molar refractivity (Wildman–Crippen MR) is 69.3 cm³/mol. The highest BCUT2D eigenvalue weighted by Crippen LogP contribution is 2.19. The molecular weight excluding hydrogens is 235 g/mol. The van der Waals surface area contributed by atoms with Crippen LogP contribution in [-0.4, -0.2) is 31.2 Å². The number of nitrogens with zero attached hydrogens (tertiary/aromatic N) is 1. The highest BCUT2D eigenvalue weighted by Gasteiger charge is 2.11. The number of carbonyl (C=O) groups is 1. The van der Waals surface area contributed by atoms with Crippen LogP contribution in [0.25, 0.3) is 0 Å². The summed E-state index contributed by atoms with van der Waals surface area (Å²) in [5.41, 5.74) is 1.25. The van der Waals surface area contributed by atoms with Crippen LogP contribution in [0.4, 0.5) is 10.1 Å². The highest BCUT2D eigenvalue weighted by molar-refractivity contribution is 5.73. The lowest BCUT2D eigenvalue weighted by Gasteiger charge is -2.18. The highest BCUT2D eigenvalue weighted by atomic mass is 19.1. The average Bonchev–Trinajstić information content (AvgIpc) is 2.30. The zero-order valence-electron chi connectivity index (χ0n) is 10.7. The predicted octanol–water partition coefficient (Wildman–Crippen LogP) is 1.85. The van der Waals surface area contributed by atoms with Gasteiger partial charge in [-0.25, -0.2) is 4.39 Å². The van der Waals surface area contributed by atoms with Crippen LogP contribution in [0.5, 0.6) is 0 Å². The Balaban J connectivity index is 2.77. The molecule has 0 aromatic heterocycles. The van der Waals surface area contributed by atoms with Crippen molar-refractivity contribution in [1.29, 1.82) is 0 Å². The number of halogens is 1. The van der Waals surface area contributed by atoms with E-state index in [4.69, 9.17) is 5.11 Å². The second-order valence-corrected chi connectivity index (χ2v) is 4.21. The third-order valence-corrected chi connectivity index (χ3v) is 2.55. The molecule has 0 bridgehead atoms. The smallest absolute Gasteiger partial charge is 0.323 e. The van der Waals surface area contributed by atoms with Crippen LogP contribution in [0.1, 0.15) is 18.9 Å². The molecule has 0 saturated carbocycles. The van der Waals surface area contributed by atoms with Crippen LogP contribution in [-0.2, 0) is 11.3 Å². The molecule has 0 atom stereocenters. The van der Waals surface area contributed by atoms with Crippen molar-refractivity contribution in [3.05, 3.63) is 29.6 Å². The number of hydrogen-bond acceptors (Lipinski definition) is 3. The maximum absolute atomic E-state index is 13.6. The standard InChI is InChI=1S/C13H19FN2O2/c1-3-6-15-8-10-4-5-11(14)12(7-10)16(2)9-13(17)18/h4-5,7,15H,3,6,8-9H2,1-2H3,(H,17,18). The summed E-state index contributed by atoms with van der Waals surface area (Å²) in [6.45, 7) is 3.41. The molecule has 0 heterocycles. The van der Waals surface area contributed by atoms with E-state index in [2.05, 4.69) is 12.2 Å². The van der Waals surface area contributed by atoms with Crippen LogP contribution in [0.15, 0.2) is 18.2 Å². The molecule has 0 aliphatic carbocycles. The van der Waals surface area contributed by atoms with Crippen LogP contribution < -0.4 is 10.2 Å². The van der Waals surface area contributed by atoms with Crippen LogP contribution in [0.3, 0.4) is 0 Å². The number of hydrogen-bond donors (Lipinski definition) is 2. The van der Waals surface area contributed by atoms with E-state index in [1.165, 1.54) is 11.0 Å². The van der Waals surface area contributed by atoms with Gasteiger partial charge < -0.3 is 15.3 Å². The van der Waals surface area contributed by atoms with Crippen molar-refractivity contribution in [3.8, 4) is 0 Å². The number of anilines is 1. The number of likely N-dealkylation sites (N-methyl/N-ethyl adjacent to an activating group) is 1. The number of nitrogens with one attached hydrogen (secondary N) is 1. The second-order valence-electron chi connectivity index (χ2n) is 4.21. The van der Waals surface area contributed by atoms with Crippen molar-refractivity contribution in [1.82, 2.24) is 5.32 Å². The molecule has 0 spiro atoms. The van der Waals surface area contributed by atoms with Gasteiger partial charge >= 0.3 is 5.97 Å². The Bertz CT molecular complexity index is 410. The Morgan fingerprint density at radius 1 is 1.50 bits per heavy atom. The first-order valence-corrected chi connectivity index (χ1v) is 5.96. The molecule has 0 saturated heterocycles. The topological polar surface area (TPSA) is 52.6 Å². The summed E-state index contributed by atoms with van der Waals surface area (Å²) in [5.74, 6) is -1.38. The number of carboxylic acid groups (broad SMARTS) is 1. The normalized spacial score (nSPS) is 10.4. The van der Waals surface area contributed by atoms with Crippen LogP contribution in [0.2, 0.25) is 0 Å². The number of aliphatic carboxylic acids is 1. The monoisotopic (exact) mass is 254 g/mol. The summed E-state index contributed by atoms with van der Waals surface area (Å²) in [4.78, 5) is 12.0. The summed E-state index contributed by atoms with van der Waals surface area (Å²) >= 11 is 0. The number of benzene rings is 1. The van der Waals surface area contributed by atoms with E-state index in [-0.39, 0.29) is 6.54 Å². The molecule has 1 rings (SSSR count). The molecule has 2 N–H and O–H groups in total. The van der Waals surface area contributed by atoms with E-state index in [0.717, 1.165) is 18.5 Å². The molecule has 0 fully saturated rings. The number of carboxylic acids is 1. The molecule has 18 heavy (non-hydrogen) atoms. The molecule has 5 heteroatoms. The van der Waals surface area contributed by atoms with Crippen molar-refractivity contribution in [2.45, 2.75) is 19.9 Å². The maximum Gasteiger partial charge on any atom is 0.323 e. The minimum Gasteiger partial charge on any atom is -0.480 e. The SMILES string of the molecule is CCCNCc1ccc(F)c(N(C)CC(=O)O)c1. The molecule has 4 nitrogen and oxygen atoms in total. The minimum atomic E-state index is -0.980. The van der Waals surface area contributed by atoms with Gasteiger partial charge in [-0.15, -0.1) is 0 Å². The fourth-order valence-corrected chi connectivity index (χ4v) is 1.66. The molecule has 0 amide bonds. The number of rotatable bonds is 7. The van der Waals surface area contributed by atoms with Gasteiger partial charge in [-0.3, -0.25) is 4.79 Å². The van der Waals surface area contributed by atoms with E-state index in [0.29, 0.717) is 12.2 Å². The van der Waals surface area contributed by atoms with Gasteiger partial charge in [0.15, 0.2) is 0 Å². The summed E-state index contributed by atoms with van der Waals surface area (Å²) < 4.78 is 13.6. The van der Waals surface area contributed by atoms with E-state index in [1.54, 1.807) is 19.2 Å². The summed E-state index contributed by atoms with van der Waals surface area (Å²) in [5, 5.41) is 11.9. The first-order valence-electron chi connectivity index (χ1n) is 5.96. The van der Waals surface area contributed by atoms with E-state index in [1.807, 2.05) is 0 Å². The Labute approximate surface area is 106 Å². The molecule has 1 aromatic carbocycles. The molecule has 0 radical (unpaired) electrons. The lowest BCUT2D eigenvalue weighted by molar-refractivity contribution is -0.135. The molecule has 0 aliphatic rings. The van der Waals surface area contributed by atoms with Gasteiger partial charge in [0.25, 0.3) is 0 Å². The maximum atomic E-state index is 13.6. The Hall–Kier alpha value is -1.62. The lowest BCUT2D eigenvalue weighted by atomic mass is 10.1. The minimum absolute atomic E-state index is 0.219. The third kappa shape index (κ3) is 4.33. The molecule has 0 unspecified atom stereocenters. The van der Waals surface area contributed by atoms with Gasteiger partial charge in [0.2, 0.25) is 0 Å². The molecule has 100 valence electrons. The average molecular weight is 254 g/mol. The van der Waals surface area contributed by atoms with Gasteiger partial charge in [0.1, 0.15) is 12.4 Å². The van der Waals surface area contributed by atoms with Crippen molar-refractivity contribution in [2.24, 2.45) is 0 Å². The fourth-order valence-electron chi connectivity index (χ4n) is 1.66. The van der Waals surface area contributed by atoms with E-state index >= 15 is 0 Å². The van der Waals surface area contributed by atoms with Crippen molar-refractivity contribution in [3.63, 3.8) is 0 Å². The van der Waals surface area contributed by atoms with Gasteiger partial charge in [-0.05, 0) is 30.7 Å². The van der Waals surface area contributed by atoms with Crippen LogP contribution in [0, 0.1) is 5.82 Å².